The summed E-state index contributed by atoms with van der Waals surface area (Å²) in [6.07, 6.45) is -8.01. The van der Waals surface area contributed by atoms with Gasteiger partial charge in [-0.15, -0.1) is 0 Å². The molecule has 0 aromatic heterocycles. The number of hydrogen-bond donors (Lipinski definition) is 1. The molecule has 244 valence electrons. The van der Waals surface area contributed by atoms with Crippen molar-refractivity contribution in [3.63, 3.8) is 0 Å². The summed E-state index contributed by atoms with van der Waals surface area (Å²) in [6, 6.07) is 7.48. The quantitative estimate of drug-likeness (QED) is 0.277. The molecule has 2 fully saturated rings. The third-order valence-electron chi connectivity index (χ3n) is 9.62. The van der Waals surface area contributed by atoms with Crippen LogP contribution in [-0.4, -0.2) is 28.1 Å². The van der Waals surface area contributed by atoms with Crippen LogP contribution in [0.3, 0.4) is 0 Å². The predicted octanol–water partition coefficient (Wildman–Crippen LogP) is 8.77. The average molecular weight is 639 g/mol. The van der Waals surface area contributed by atoms with Crippen LogP contribution in [0.25, 0.3) is 0 Å². The summed E-state index contributed by atoms with van der Waals surface area (Å²) >= 11 is 0. The Labute approximate surface area is 258 Å². The number of benzene rings is 2. The molecule has 1 N–H and O–H groups in total. The Hall–Kier alpha value is -3.75. The Balaban J connectivity index is 1.58. The molecule has 1 saturated heterocycles. The third-order valence-corrected chi connectivity index (χ3v) is 9.62. The van der Waals surface area contributed by atoms with Gasteiger partial charge in [-0.1, -0.05) is 26.3 Å². The van der Waals surface area contributed by atoms with E-state index in [1.165, 1.54) is 11.8 Å². The predicted molar refractivity (Wildman–Crippen MR) is 152 cm³/mol. The zero-order valence-corrected chi connectivity index (χ0v) is 25.2. The number of carbonyl (C=O) groups is 2. The maximum atomic E-state index is 13.5. The fourth-order valence-corrected chi connectivity index (χ4v) is 6.79. The second-order valence-corrected chi connectivity index (χ2v) is 12.3. The minimum absolute atomic E-state index is 0.0331. The summed E-state index contributed by atoms with van der Waals surface area (Å²) in [5.41, 5.74) is -1.55. The summed E-state index contributed by atoms with van der Waals surface area (Å²) < 4.78 is 86.4. The van der Waals surface area contributed by atoms with E-state index < -0.39 is 53.3 Å². The fraction of sp³-hybridized carbons (Fsp3) is 0.545. The third kappa shape index (κ3) is 7.74. The zero-order chi connectivity index (χ0) is 33.3. The van der Waals surface area contributed by atoms with Crippen LogP contribution in [0.15, 0.2) is 36.4 Å². The highest BCUT2D eigenvalue weighted by molar-refractivity contribution is 5.71. The Morgan fingerprint density at radius 2 is 1.62 bits per heavy atom. The Bertz CT molecular complexity index is 1410. The van der Waals surface area contributed by atoms with Gasteiger partial charge in [0.25, 0.3) is 0 Å². The summed E-state index contributed by atoms with van der Waals surface area (Å²) in [5, 5.41) is 18.9. The molecule has 2 aliphatic rings. The number of hydrogen-bond acceptors (Lipinski definition) is 4. The molecule has 4 rings (SSSR count). The first kappa shape index (κ1) is 34.1. The standard InChI is InChI=1S/C33H36F6N2O4/c1-4-21(18(2)22-7-9-23(10-8-22)30(42)43)12-24-6-5-20(16-40)11-26(24)17-41-19(3)29(45-31(41)44)25-13-27(32(34,35)36)15-28(14-25)33(37,38)39/h5-6,11,13-15,18-19,21-23,29H,4,7-10,12,17H2,1-3H3,(H,42,43). The van der Waals surface area contributed by atoms with Crippen LogP contribution in [-0.2, 0) is 34.8 Å². The first-order chi connectivity index (χ1) is 21.0. The summed E-state index contributed by atoms with van der Waals surface area (Å²) in [5.74, 6) is -0.237. The van der Waals surface area contributed by atoms with Crippen molar-refractivity contribution < 1.29 is 45.8 Å². The largest absolute Gasteiger partial charge is 0.481 e. The lowest BCUT2D eigenvalue weighted by atomic mass is 9.70. The van der Waals surface area contributed by atoms with Crippen molar-refractivity contribution in [2.75, 3.05) is 0 Å². The molecule has 2 aromatic rings. The number of carbonyl (C=O) groups excluding carboxylic acids is 1. The summed E-state index contributed by atoms with van der Waals surface area (Å²) in [7, 11) is 0. The number of carboxylic acids is 1. The highest BCUT2D eigenvalue weighted by Crippen LogP contribution is 2.42. The number of nitriles is 1. The van der Waals surface area contributed by atoms with Crippen LogP contribution in [0.4, 0.5) is 31.1 Å². The lowest BCUT2D eigenvalue weighted by Gasteiger charge is -2.35. The fourth-order valence-electron chi connectivity index (χ4n) is 6.79. The number of halogens is 6. The monoisotopic (exact) mass is 638 g/mol. The van der Waals surface area contributed by atoms with Crippen molar-refractivity contribution in [2.24, 2.45) is 23.7 Å². The normalized spacial score (nSPS) is 23.7. The van der Waals surface area contributed by atoms with Crippen LogP contribution >= 0.6 is 0 Å². The minimum Gasteiger partial charge on any atom is -0.481 e. The van der Waals surface area contributed by atoms with E-state index in [0.717, 1.165) is 24.8 Å². The van der Waals surface area contributed by atoms with E-state index in [-0.39, 0.29) is 30.4 Å². The van der Waals surface area contributed by atoms with Gasteiger partial charge in [0.05, 0.1) is 34.7 Å². The second kappa shape index (κ2) is 13.3. The van der Waals surface area contributed by atoms with Crippen LogP contribution in [0.2, 0.25) is 0 Å². The van der Waals surface area contributed by atoms with Gasteiger partial charge in [0.2, 0.25) is 0 Å². The second-order valence-electron chi connectivity index (χ2n) is 12.3. The van der Waals surface area contributed by atoms with Crippen molar-refractivity contribution in [1.29, 1.82) is 5.26 Å². The van der Waals surface area contributed by atoms with Crippen molar-refractivity contribution in [1.82, 2.24) is 4.90 Å². The van der Waals surface area contributed by atoms with Gasteiger partial charge in [0, 0.05) is 6.54 Å². The van der Waals surface area contributed by atoms with E-state index in [1.54, 1.807) is 12.1 Å². The van der Waals surface area contributed by atoms with Crippen molar-refractivity contribution >= 4 is 12.1 Å². The first-order valence-electron chi connectivity index (χ1n) is 15.0. The van der Waals surface area contributed by atoms with Gasteiger partial charge in [-0.3, -0.25) is 9.69 Å². The molecule has 45 heavy (non-hydrogen) atoms. The molecule has 1 aliphatic heterocycles. The SMILES string of the molecule is CCC(Cc1ccc(C#N)cc1CN1C(=O)OC(c2cc(C(F)(F)F)cc(C(F)(F)F)c2)C1C)C(C)C1CCC(C(=O)O)CC1. The number of ether oxygens (including phenoxy) is 1. The Morgan fingerprint density at radius 3 is 2.13 bits per heavy atom. The topological polar surface area (TPSA) is 90.6 Å². The van der Waals surface area contributed by atoms with Crippen LogP contribution in [0.5, 0.6) is 0 Å². The van der Waals surface area contributed by atoms with Crippen molar-refractivity contribution in [3.05, 3.63) is 69.8 Å². The van der Waals surface area contributed by atoms with Gasteiger partial charge in [0.15, 0.2) is 0 Å². The molecule has 4 unspecified atom stereocenters. The zero-order valence-electron chi connectivity index (χ0n) is 25.2. The maximum absolute atomic E-state index is 13.5. The number of carboxylic acid groups (broad SMARTS) is 1. The van der Waals surface area contributed by atoms with Crippen molar-refractivity contribution in [3.8, 4) is 6.07 Å². The molecule has 1 amide bonds. The lowest BCUT2D eigenvalue weighted by molar-refractivity contribution is -0.144. The lowest BCUT2D eigenvalue weighted by Crippen LogP contribution is -2.32. The minimum atomic E-state index is -5.04. The maximum Gasteiger partial charge on any atom is 0.416 e. The van der Waals surface area contributed by atoms with E-state index in [9.17, 15) is 46.3 Å². The molecule has 0 spiro atoms. The van der Waals surface area contributed by atoms with E-state index in [4.69, 9.17) is 4.74 Å². The van der Waals surface area contributed by atoms with E-state index >= 15 is 0 Å². The van der Waals surface area contributed by atoms with Crippen LogP contribution in [0.1, 0.15) is 92.4 Å². The number of aliphatic carboxylic acids is 1. The van der Waals surface area contributed by atoms with Gasteiger partial charge in [-0.25, -0.2) is 4.79 Å². The number of nitrogens with zero attached hydrogens (tertiary/aromatic N) is 2. The molecule has 2 aromatic carbocycles. The van der Waals surface area contributed by atoms with Gasteiger partial charge >= 0.3 is 24.4 Å². The molecule has 6 nitrogen and oxygen atoms in total. The Kier molecular flexibility index (Phi) is 10.1. The van der Waals surface area contributed by atoms with Crippen molar-refractivity contribution in [2.45, 2.75) is 90.3 Å². The van der Waals surface area contributed by atoms with E-state index in [2.05, 4.69) is 19.9 Å². The average Bonchev–Trinajstić information content (AvgIpc) is 3.27. The molecule has 0 bridgehead atoms. The molecule has 1 heterocycles. The number of rotatable bonds is 9. The summed E-state index contributed by atoms with van der Waals surface area (Å²) in [6.45, 7) is 5.68. The molecule has 4 atom stereocenters. The number of cyclic esters (lactones) is 1. The van der Waals surface area contributed by atoms with E-state index in [1.807, 2.05) is 6.07 Å². The van der Waals surface area contributed by atoms with Gasteiger partial charge in [-0.2, -0.15) is 31.6 Å². The van der Waals surface area contributed by atoms with Gasteiger partial charge < -0.3 is 9.84 Å². The molecular weight excluding hydrogens is 602 g/mol. The first-order valence-corrected chi connectivity index (χ1v) is 15.0. The smallest absolute Gasteiger partial charge is 0.416 e. The molecular formula is C33H36F6N2O4. The number of alkyl halides is 6. The highest BCUT2D eigenvalue weighted by atomic mass is 19.4. The molecule has 1 aliphatic carbocycles. The highest BCUT2D eigenvalue weighted by Gasteiger charge is 2.43. The van der Waals surface area contributed by atoms with Gasteiger partial charge in [-0.05, 0) is 104 Å². The summed E-state index contributed by atoms with van der Waals surface area (Å²) in [4.78, 5) is 25.7. The van der Waals surface area contributed by atoms with Crippen LogP contribution < -0.4 is 0 Å². The Morgan fingerprint density at radius 1 is 1.02 bits per heavy atom. The van der Waals surface area contributed by atoms with Gasteiger partial charge in [0.1, 0.15) is 6.10 Å². The van der Waals surface area contributed by atoms with E-state index in [0.29, 0.717) is 48.4 Å². The number of amides is 1. The molecule has 12 heteroatoms. The molecule has 1 saturated carbocycles. The van der Waals surface area contributed by atoms with Crippen LogP contribution in [0, 0.1) is 35.0 Å². The molecule has 0 radical (unpaired) electrons.